The lowest BCUT2D eigenvalue weighted by molar-refractivity contribution is -0.0789. The van der Waals surface area contributed by atoms with E-state index in [9.17, 15) is 0 Å². The minimum absolute atomic E-state index is 0.197. The Kier molecular flexibility index (Phi) is 4.60. The van der Waals surface area contributed by atoms with Crippen LogP contribution in [0.1, 0.15) is 6.92 Å². The molecule has 0 aliphatic rings. The van der Waals surface area contributed by atoms with Gasteiger partial charge in [-0.1, -0.05) is 0 Å². The van der Waals surface area contributed by atoms with Crippen molar-refractivity contribution in [2.45, 2.75) is 18.8 Å². The minimum Gasteiger partial charge on any atom is -0.349 e. The number of methoxy groups -OCH3 is 1. The number of hydrogen-bond donors (Lipinski definition) is 3. The summed E-state index contributed by atoms with van der Waals surface area (Å²) in [6.45, 7) is 2.04. The van der Waals surface area contributed by atoms with Gasteiger partial charge < -0.3 is 10.1 Å². The zero-order valence-electron chi connectivity index (χ0n) is 7.99. The molecule has 0 spiro atoms. The third kappa shape index (κ3) is 2.13. The van der Waals surface area contributed by atoms with Crippen molar-refractivity contribution in [3.05, 3.63) is 0 Å². The van der Waals surface area contributed by atoms with Gasteiger partial charge in [0.25, 0.3) is 0 Å². The predicted octanol–water partition coefficient (Wildman–Crippen LogP) is -0.667. The van der Waals surface area contributed by atoms with Crippen LogP contribution in [-0.2, 0) is 4.74 Å². The van der Waals surface area contributed by atoms with Gasteiger partial charge in [-0.2, -0.15) is 0 Å². The summed E-state index contributed by atoms with van der Waals surface area (Å²) in [5, 5.41) is 9.25. The molecule has 4 nitrogen and oxygen atoms in total. The van der Waals surface area contributed by atoms with Crippen molar-refractivity contribution in [3.8, 4) is 0 Å². The van der Waals surface area contributed by atoms with Crippen LogP contribution in [0.2, 0.25) is 0 Å². The third-order valence-corrected chi connectivity index (χ3v) is 2.11. The Morgan fingerprint density at radius 3 is 1.73 bits per heavy atom. The lowest BCUT2D eigenvalue weighted by Gasteiger charge is -2.36. The van der Waals surface area contributed by atoms with Crippen LogP contribution in [0.4, 0.5) is 0 Å². The Bertz CT molecular complexity index is 95.6. The lowest BCUT2D eigenvalue weighted by atomic mass is 10.2. The van der Waals surface area contributed by atoms with Crippen molar-refractivity contribution in [3.63, 3.8) is 0 Å². The summed E-state index contributed by atoms with van der Waals surface area (Å²) in [6.07, 6.45) is 0. The van der Waals surface area contributed by atoms with Gasteiger partial charge in [0.1, 0.15) is 0 Å². The zero-order chi connectivity index (χ0) is 8.91. The average molecular weight is 161 g/mol. The number of ether oxygens (including phenoxy) is 1. The molecule has 11 heavy (non-hydrogen) atoms. The van der Waals surface area contributed by atoms with Gasteiger partial charge in [-0.15, -0.1) is 0 Å². The van der Waals surface area contributed by atoms with Crippen molar-refractivity contribution in [1.82, 2.24) is 16.0 Å². The molecule has 0 aromatic rings. The molecule has 1 atom stereocenters. The molecule has 0 amide bonds. The molecule has 0 aromatic heterocycles. The Morgan fingerprint density at radius 2 is 1.64 bits per heavy atom. The molecular formula is C7H19N3O. The highest BCUT2D eigenvalue weighted by Crippen LogP contribution is 2.05. The normalized spacial score (nSPS) is 15.0. The summed E-state index contributed by atoms with van der Waals surface area (Å²) >= 11 is 0. The molecule has 0 rings (SSSR count). The maximum Gasteiger partial charge on any atom is 0.189 e. The molecule has 0 aliphatic carbocycles. The summed E-state index contributed by atoms with van der Waals surface area (Å²) in [5.41, 5.74) is 0. The molecular weight excluding hydrogens is 142 g/mol. The zero-order valence-corrected chi connectivity index (χ0v) is 7.99. The van der Waals surface area contributed by atoms with E-state index in [0.29, 0.717) is 0 Å². The van der Waals surface area contributed by atoms with E-state index < -0.39 is 5.85 Å². The van der Waals surface area contributed by atoms with Crippen molar-refractivity contribution >= 4 is 0 Å². The highest BCUT2D eigenvalue weighted by molar-refractivity contribution is 4.82. The van der Waals surface area contributed by atoms with Gasteiger partial charge >= 0.3 is 0 Å². The van der Waals surface area contributed by atoms with E-state index in [1.54, 1.807) is 7.11 Å². The van der Waals surface area contributed by atoms with Gasteiger partial charge in [0.15, 0.2) is 5.85 Å². The van der Waals surface area contributed by atoms with Crippen LogP contribution in [0.5, 0.6) is 0 Å². The fraction of sp³-hybridized carbons (Fsp3) is 1.00. The quantitative estimate of drug-likeness (QED) is 0.468. The highest BCUT2D eigenvalue weighted by atomic mass is 16.5. The minimum atomic E-state index is -0.477. The van der Waals surface area contributed by atoms with Gasteiger partial charge in [0.2, 0.25) is 0 Å². The molecule has 0 saturated heterocycles. The summed E-state index contributed by atoms with van der Waals surface area (Å²) < 4.78 is 5.30. The van der Waals surface area contributed by atoms with Crippen LogP contribution in [-0.4, -0.2) is 40.1 Å². The third-order valence-electron chi connectivity index (χ3n) is 2.11. The molecule has 0 radical (unpaired) electrons. The van der Waals surface area contributed by atoms with Crippen LogP contribution in [0.3, 0.4) is 0 Å². The van der Waals surface area contributed by atoms with Gasteiger partial charge in [0.05, 0.1) is 6.04 Å². The molecule has 0 heterocycles. The molecule has 0 bridgehead atoms. The monoisotopic (exact) mass is 161 g/mol. The smallest absolute Gasteiger partial charge is 0.189 e. The maximum atomic E-state index is 5.30. The fourth-order valence-electron chi connectivity index (χ4n) is 1.14. The number of hydrogen-bond acceptors (Lipinski definition) is 4. The van der Waals surface area contributed by atoms with Crippen LogP contribution < -0.4 is 16.0 Å². The topological polar surface area (TPSA) is 45.3 Å². The second-order valence-electron chi connectivity index (χ2n) is 2.45. The van der Waals surface area contributed by atoms with Gasteiger partial charge in [0, 0.05) is 7.11 Å². The Balaban J connectivity index is 4.26. The molecule has 0 fully saturated rings. The van der Waals surface area contributed by atoms with Crippen molar-refractivity contribution < 1.29 is 4.74 Å². The van der Waals surface area contributed by atoms with E-state index in [1.807, 2.05) is 28.1 Å². The summed E-state index contributed by atoms with van der Waals surface area (Å²) in [4.78, 5) is 0. The Hall–Kier alpha value is -0.160. The van der Waals surface area contributed by atoms with Crippen LogP contribution >= 0.6 is 0 Å². The van der Waals surface area contributed by atoms with Gasteiger partial charge in [-0.25, -0.2) is 0 Å². The highest BCUT2D eigenvalue weighted by Gasteiger charge is 2.31. The summed E-state index contributed by atoms with van der Waals surface area (Å²) in [7, 11) is 7.27. The van der Waals surface area contributed by atoms with Crippen LogP contribution in [0, 0.1) is 0 Å². The number of rotatable bonds is 5. The van der Waals surface area contributed by atoms with Crippen molar-refractivity contribution in [2.24, 2.45) is 0 Å². The van der Waals surface area contributed by atoms with Crippen molar-refractivity contribution in [2.75, 3.05) is 28.3 Å². The van der Waals surface area contributed by atoms with Crippen LogP contribution in [0.25, 0.3) is 0 Å². The Morgan fingerprint density at radius 1 is 1.18 bits per heavy atom. The molecule has 3 N–H and O–H groups in total. The van der Waals surface area contributed by atoms with E-state index >= 15 is 0 Å². The largest absolute Gasteiger partial charge is 0.349 e. The second-order valence-corrected chi connectivity index (χ2v) is 2.45. The molecule has 0 saturated carbocycles. The predicted molar refractivity (Wildman–Crippen MR) is 46.4 cm³/mol. The number of nitrogens with one attached hydrogen (secondary N) is 3. The first kappa shape index (κ1) is 10.8. The summed E-state index contributed by atoms with van der Waals surface area (Å²) in [6, 6.07) is 0.197. The first-order chi connectivity index (χ1) is 5.16. The molecule has 68 valence electrons. The molecule has 4 heteroatoms. The SMILES string of the molecule is CNC(C)C(NC)(NC)OC. The molecule has 0 aromatic carbocycles. The van der Waals surface area contributed by atoms with Gasteiger partial charge in [-0.3, -0.25) is 10.6 Å². The maximum absolute atomic E-state index is 5.30. The van der Waals surface area contributed by atoms with Crippen molar-refractivity contribution in [1.29, 1.82) is 0 Å². The van der Waals surface area contributed by atoms with E-state index in [2.05, 4.69) is 16.0 Å². The molecule has 1 unspecified atom stereocenters. The van der Waals surface area contributed by atoms with E-state index in [1.165, 1.54) is 0 Å². The lowest BCUT2D eigenvalue weighted by Crippen LogP contribution is -2.65. The van der Waals surface area contributed by atoms with Gasteiger partial charge in [-0.05, 0) is 28.1 Å². The summed E-state index contributed by atoms with van der Waals surface area (Å²) in [5.74, 6) is -0.477. The average Bonchev–Trinajstić information content (AvgIpc) is 2.08. The van der Waals surface area contributed by atoms with E-state index in [4.69, 9.17) is 4.74 Å². The first-order valence-corrected chi connectivity index (χ1v) is 3.77. The molecule has 0 aliphatic heterocycles. The Labute approximate surface area is 68.7 Å². The first-order valence-electron chi connectivity index (χ1n) is 3.77. The van der Waals surface area contributed by atoms with E-state index in [-0.39, 0.29) is 6.04 Å². The number of likely N-dealkylation sites (N-methyl/N-ethyl adjacent to an activating group) is 3. The van der Waals surface area contributed by atoms with Crippen LogP contribution in [0.15, 0.2) is 0 Å². The standard InChI is InChI=1S/C7H19N3O/c1-6(8-2)7(9-3,10-4)11-5/h6,8-10H,1-5H3. The fourth-order valence-corrected chi connectivity index (χ4v) is 1.14. The van der Waals surface area contributed by atoms with E-state index in [0.717, 1.165) is 0 Å². The second kappa shape index (κ2) is 4.66.